The molecule has 2 aromatic carbocycles. The van der Waals surface area contributed by atoms with Crippen LogP contribution in [0.2, 0.25) is 0 Å². The molecular formula is C17H16BrFN2O4. The van der Waals surface area contributed by atoms with Gasteiger partial charge >= 0.3 is 0 Å². The highest BCUT2D eigenvalue weighted by atomic mass is 79.9. The molecule has 2 rings (SSSR count). The van der Waals surface area contributed by atoms with Crippen molar-refractivity contribution in [2.75, 3.05) is 25.6 Å². The summed E-state index contributed by atoms with van der Waals surface area (Å²) in [6, 6.07) is 10.6. The number of halogens is 2. The highest BCUT2D eigenvalue weighted by Crippen LogP contribution is 2.25. The third-order valence-corrected chi connectivity index (χ3v) is 3.64. The molecule has 0 heterocycles. The Kier molecular flexibility index (Phi) is 6.76. The Morgan fingerprint density at radius 3 is 2.56 bits per heavy atom. The average molecular weight is 411 g/mol. The normalized spacial score (nSPS) is 10.0. The molecule has 0 saturated carbocycles. The first-order valence-electron chi connectivity index (χ1n) is 7.29. The third-order valence-electron chi connectivity index (χ3n) is 3.02. The summed E-state index contributed by atoms with van der Waals surface area (Å²) in [5.41, 5.74) is 0.501. The molecular weight excluding hydrogens is 395 g/mol. The first kappa shape index (κ1) is 18.7. The second-order valence-electron chi connectivity index (χ2n) is 4.90. The number of benzene rings is 2. The van der Waals surface area contributed by atoms with Gasteiger partial charge in [0, 0.05) is 18.8 Å². The van der Waals surface area contributed by atoms with Crippen LogP contribution in [0.15, 0.2) is 46.9 Å². The van der Waals surface area contributed by atoms with Gasteiger partial charge in [-0.15, -0.1) is 0 Å². The molecule has 0 aliphatic heterocycles. The number of anilines is 1. The number of hydrogen-bond acceptors (Lipinski definition) is 4. The van der Waals surface area contributed by atoms with Gasteiger partial charge in [-0.05, 0) is 46.3 Å². The number of nitrogens with one attached hydrogen (secondary N) is 2. The largest absolute Gasteiger partial charge is 0.484 e. The van der Waals surface area contributed by atoms with Gasteiger partial charge in [-0.2, -0.15) is 0 Å². The minimum Gasteiger partial charge on any atom is -0.484 e. The van der Waals surface area contributed by atoms with Crippen LogP contribution >= 0.6 is 15.9 Å². The van der Waals surface area contributed by atoms with E-state index in [4.69, 9.17) is 9.47 Å². The fraction of sp³-hybridized carbons (Fsp3) is 0.176. The second-order valence-corrected chi connectivity index (χ2v) is 5.76. The zero-order chi connectivity index (χ0) is 18.2. The molecule has 132 valence electrons. The SMILES string of the molecule is CNC(=O)COc1cccc(NC(=O)COc2ccc(F)cc2Br)c1. The van der Waals surface area contributed by atoms with E-state index in [0.717, 1.165) is 0 Å². The Hall–Kier alpha value is -2.61. The highest BCUT2D eigenvalue weighted by molar-refractivity contribution is 9.10. The van der Waals surface area contributed by atoms with Crippen molar-refractivity contribution in [3.63, 3.8) is 0 Å². The van der Waals surface area contributed by atoms with Crippen molar-refractivity contribution in [2.24, 2.45) is 0 Å². The van der Waals surface area contributed by atoms with Crippen molar-refractivity contribution in [2.45, 2.75) is 0 Å². The molecule has 0 bridgehead atoms. The van der Waals surface area contributed by atoms with E-state index < -0.39 is 5.82 Å². The number of carbonyl (C=O) groups is 2. The van der Waals surface area contributed by atoms with Gasteiger partial charge in [-0.25, -0.2) is 4.39 Å². The molecule has 0 spiro atoms. The van der Waals surface area contributed by atoms with Crippen LogP contribution in [0.25, 0.3) is 0 Å². The molecule has 0 atom stereocenters. The summed E-state index contributed by atoms with van der Waals surface area (Å²) in [6.07, 6.45) is 0. The first-order chi connectivity index (χ1) is 12.0. The Bertz CT molecular complexity index is 770. The summed E-state index contributed by atoms with van der Waals surface area (Å²) in [6.45, 7) is -0.358. The molecule has 2 aromatic rings. The van der Waals surface area contributed by atoms with Gasteiger partial charge in [0.2, 0.25) is 0 Å². The lowest BCUT2D eigenvalue weighted by molar-refractivity contribution is -0.122. The molecule has 0 aromatic heterocycles. The molecule has 25 heavy (non-hydrogen) atoms. The fourth-order valence-corrected chi connectivity index (χ4v) is 2.28. The number of amides is 2. The molecule has 0 radical (unpaired) electrons. The molecule has 0 aliphatic rings. The van der Waals surface area contributed by atoms with Crippen LogP contribution in [0.5, 0.6) is 11.5 Å². The molecule has 2 N–H and O–H groups in total. The fourth-order valence-electron chi connectivity index (χ4n) is 1.82. The second kappa shape index (κ2) is 9.03. The number of ether oxygens (including phenoxy) is 2. The van der Waals surface area contributed by atoms with Gasteiger partial charge in [-0.1, -0.05) is 6.07 Å². The van der Waals surface area contributed by atoms with Crippen LogP contribution in [0, 0.1) is 5.82 Å². The summed E-state index contributed by atoms with van der Waals surface area (Å²) in [5, 5.41) is 5.10. The molecule has 0 fully saturated rings. The molecule has 2 amide bonds. The topological polar surface area (TPSA) is 76.7 Å². The number of carbonyl (C=O) groups excluding carboxylic acids is 2. The van der Waals surface area contributed by atoms with Crippen molar-refractivity contribution in [1.82, 2.24) is 5.32 Å². The monoisotopic (exact) mass is 410 g/mol. The van der Waals surface area contributed by atoms with Crippen LogP contribution in [0.1, 0.15) is 0 Å². The zero-order valence-corrected chi connectivity index (χ0v) is 14.9. The minimum atomic E-state index is -0.405. The molecule has 0 unspecified atom stereocenters. The van der Waals surface area contributed by atoms with Crippen LogP contribution in [-0.4, -0.2) is 32.1 Å². The Morgan fingerprint density at radius 1 is 1.08 bits per heavy atom. The van der Waals surface area contributed by atoms with Crippen LogP contribution in [0.4, 0.5) is 10.1 Å². The standard InChI is InChI=1S/C17H16BrFN2O4/c1-20-16(22)9-24-13-4-2-3-12(8-13)21-17(23)10-25-15-6-5-11(19)7-14(15)18/h2-8H,9-10H2,1H3,(H,20,22)(H,21,23). The smallest absolute Gasteiger partial charge is 0.262 e. The number of likely N-dealkylation sites (N-methyl/N-ethyl adjacent to an activating group) is 1. The van der Waals surface area contributed by atoms with E-state index in [1.165, 1.54) is 25.2 Å². The minimum absolute atomic E-state index is 0.115. The van der Waals surface area contributed by atoms with E-state index in [2.05, 4.69) is 26.6 Å². The number of rotatable bonds is 7. The van der Waals surface area contributed by atoms with Crippen LogP contribution in [0.3, 0.4) is 0 Å². The maximum atomic E-state index is 13.0. The van der Waals surface area contributed by atoms with Gasteiger partial charge in [0.15, 0.2) is 13.2 Å². The van der Waals surface area contributed by atoms with Crippen molar-refractivity contribution >= 4 is 33.4 Å². The van der Waals surface area contributed by atoms with Gasteiger partial charge in [0.05, 0.1) is 4.47 Å². The lowest BCUT2D eigenvalue weighted by atomic mass is 10.3. The molecule has 0 aliphatic carbocycles. The van der Waals surface area contributed by atoms with Crippen LogP contribution < -0.4 is 20.1 Å². The van der Waals surface area contributed by atoms with Crippen LogP contribution in [-0.2, 0) is 9.59 Å². The number of hydrogen-bond donors (Lipinski definition) is 2. The van der Waals surface area contributed by atoms with Crippen molar-refractivity contribution < 1.29 is 23.5 Å². The van der Waals surface area contributed by atoms with Gasteiger partial charge in [0.25, 0.3) is 11.8 Å². The Morgan fingerprint density at radius 2 is 1.84 bits per heavy atom. The zero-order valence-electron chi connectivity index (χ0n) is 13.3. The first-order valence-corrected chi connectivity index (χ1v) is 8.08. The van der Waals surface area contributed by atoms with Gasteiger partial charge < -0.3 is 20.1 Å². The summed E-state index contributed by atoms with van der Waals surface area (Å²) in [4.78, 5) is 23.1. The molecule has 6 nitrogen and oxygen atoms in total. The highest BCUT2D eigenvalue weighted by Gasteiger charge is 2.08. The maximum Gasteiger partial charge on any atom is 0.262 e. The Labute approximate surface area is 152 Å². The van der Waals surface area contributed by atoms with Crippen molar-refractivity contribution in [3.8, 4) is 11.5 Å². The molecule has 8 heteroatoms. The van der Waals surface area contributed by atoms with E-state index in [-0.39, 0.29) is 25.0 Å². The van der Waals surface area contributed by atoms with E-state index in [9.17, 15) is 14.0 Å². The van der Waals surface area contributed by atoms with E-state index in [1.54, 1.807) is 24.3 Å². The summed E-state index contributed by atoms with van der Waals surface area (Å²) < 4.78 is 24.1. The summed E-state index contributed by atoms with van der Waals surface area (Å²) >= 11 is 3.16. The third kappa shape index (κ3) is 6.07. The predicted molar refractivity (Wildman–Crippen MR) is 94.2 cm³/mol. The van der Waals surface area contributed by atoms with Crippen molar-refractivity contribution in [3.05, 3.63) is 52.8 Å². The van der Waals surface area contributed by atoms with Gasteiger partial charge in [-0.3, -0.25) is 9.59 Å². The predicted octanol–water partition coefficient (Wildman–Crippen LogP) is 2.73. The lowest BCUT2D eigenvalue weighted by Gasteiger charge is -2.10. The van der Waals surface area contributed by atoms with E-state index >= 15 is 0 Å². The van der Waals surface area contributed by atoms with Gasteiger partial charge in [0.1, 0.15) is 17.3 Å². The van der Waals surface area contributed by atoms with E-state index in [1.807, 2.05) is 0 Å². The average Bonchev–Trinajstić information content (AvgIpc) is 2.59. The summed E-state index contributed by atoms with van der Waals surface area (Å²) in [7, 11) is 1.52. The van der Waals surface area contributed by atoms with Crippen molar-refractivity contribution in [1.29, 1.82) is 0 Å². The van der Waals surface area contributed by atoms with E-state index in [0.29, 0.717) is 21.7 Å². The summed E-state index contributed by atoms with van der Waals surface area (Å²) in [5.74, 6) is -0.243. The maximum absolute atomic E-state index is 13.0. The Balaban J connectivity index is 1.88. The quantitative estimate of drug-likeness (QED) is 0.735. The lowest BCUT2D eigenvalue weighted by Crippen LogP contribution is -2.24. The molecule has 0 saturated heterocycles.